The smallest absolute Gasteiger partial charge is 0.221 e. The zero-order valence-corrected chi connectivity index (χ0v) is 17.1. The zero-order valence-electron chi connectivity index (χ0n) is 14.8. The van der Waals surface area contributed by atoms with Crippen molar-refractivity contribution in [3.05, 3.63) is 0 Å². The van der Waals surface area contributed by atoms with Crippen molar-refractivity contribution in [1.82, 2.24) is 16.0 Å². The molecule has 7 nitrogen and oxygen atoms in total. The Kier molecular flexibility index (Phi) is 19.0. The van der Waals surface area contributed by atoms with E-state index in [2.05, 4.69) is 20.9 Å². The Balaban J connectivity index is 0. The van der Waals surface area contributed by atoms with Gasteiger partial charge >= 0.3 is 0 Å². The molecular formula is C15H33IN4O3. The summed E-state index contributed by atoms with van der Waals surface area (Å²) in [6, 6.07) is 0.174. The summed E-state index contributed by atoms with van der Waals surface area (Å²) in [5.74, 6) is 0.779. The van der Waals surface area contributed by atoms with E-state index in [4.69, 9.17) is 9.47 Å². The number of carbonyl (C=O) groups is 1. The molecule has 0 heterocycles. The number of methoxy groups -OCH3 is 1. The Morgan fingerprint density at radius 2 is 1.91 bits per heavy atom. The van der Waals surface area contributed by atoms with Crippen LogP contribution in [0.3, 0.4) is 0 Å². The quantitative estimate of drug-likeness (QED) is 0.182. The van der Waals surface area contributed by atoms with Crippen LogP contribution in [0.25, 0.3) is 0 Å². The molecule has 3 N–H and O–H groups in total. The van der Waals surface area contributed by atoms with E-state index in [0.29, 0.717) is 39.3 Å². The molecule has 1 amide bonds. The molecule has 0 spiro atoms. The molecule has 0 aliphatic heterocycles. The third-order valence-electron chi connectivity index (χ3n) is 2.59. The third-order valence-corrected chi connectivity index (χ3v) is 2.59. The van der Waals surface area contributed by atoms with Crippen molar-refractivity contribution in [3.8, 4) is 0 Å². The number of ether oxygens (including phenoxy) is 2. The van der Waals surface area contributed by atoms with Gasteiger partial charge in [0.1, 0.15) is 0 Å². The van der Waals surface area contributed by atoms with Crippen LogP contribution in [-0.2, 0) is 14.3 Å². The molecule has 0 bridgehead atoms. The number of rotatable bonds is 12. The average Bonchev–Trinajstić information content (AvgIpc) is 2.45. The maximum absolute atomic E-state index is 11.5. The van der Waals surface area contributed by atoms with Gasteiger partial charge in [0.25, 0.3) is 0 Å². The first-order valence-electron chi connectivity index (χ1n) is 7.98. The van der Waals surface area contributed by atoms with Crippen LogP contribution in [0.15, 0.2) is 4.99 Å². The number of nitrogens with zero attached hydrogens (tertiary/aromatic N) is 1. The highest BCUT2D eigenvalue weighted by molar-refractivity contribution is 14.0. The molecular weight excluding hydrogens is 411 g/mol. The van der Waals surface area contributed by atoms with E-state index in [0.717, 1.165) is 18.9 Å². The standard InChI is InChI=1S/C15H32N4O3.HI/c1-5-16-15(17-8-6-10-22-12-11-21-4)18-9-7-14(20)19-13(2)3;/h13H,5-12H2,1-4H3,(H,19,20)(H2,16,17,18);1H. The summed E-state index contributed by atoms with van der Waals surface area (Å²) in [5.41, 5.74) is 0. The number of nitrogens with one attached hydrogen (secondary N) is 3. The number of hydrogen-bond donors (Lipinski definition) is 3. The van der Waals surface area contributed by atoms with Gasteiger partial charge in [-0.05, 0) is 27.2 Å². The molecule has 0 aliphatic carbocycles. The second-order valence-electron chi connectivity index (χ2n) is 5.12. The lowest BCUT2D eigenvalue weighted by Crippen LogP contribution is -2.40. The third kappa shape index (κ3) is 17.6. The van der Waals surface area contributed by atoms with Gasteiger partial charge in [0.15, 0.2) is 5.96 Å². The van der Waals surface area contributed by atoms with Gasteiger partial charge in [-0.25, -0.2) is 0 Å². The van der Waals surface area contributed by atoms with Gasteiger partial charge in [0, 0.05) is 45.8 Å². The average molecular weight is 444 g/mol. The summed E-state index contributed by atoms with van der Waals surface area (Å²) in [7, 11) is 1.66. The van der Waals surface area contributed by atoms with Crippen LogP contribution in [0.5, 0.6) is 0 Å². The summed E-state index contributed by atoms with van der Waals surface area (Å²) < 4.78 is 10.3. The fraction of sp³-hybridized carbons (Fsp3) is 0.867. The molecule has 0 unspecified atom stereocenters. The molecule has 0 aliphatic rings. The summed E-state index contributed by atoms with van der Waals surface area (Å²) in [6.07, 6.45) is 1.29. The van der Waals surface area contributed by atoms with Crippen molar-refractivity contribution in [2.45, 2.75) is 39.7 Å². The van der Waals surface area contributed by atoms with E-state index in [1.165, 1.54) is 0 Å². The van der Waals surface area contributed by atoms with Gasteiger partial charge in [-0.1, -0.05) is 0 Å². The van der Waals surface area contributed by atoms with E-state index < -0.39 is 0 Å². The fourth-order valence-electron chi connectivity index (χ4n) is 1.63. The Hall–Kier alpha value is -0.610. The molecule has 0 saturated heterocycles. The van der Waals surface area contributed by atoms with Crippen LogP contribution in [-0.4, -0.2) is 64.5 Å². The van der Waals surface area contributed by atoms with Crippen molar-refractivity contribution in [2.75, 3.05) is 46.6 Å². The second-order valence-corrected chi connectivity index (χ2v) is 5.12. The van der Waals surface area contributed by atoms with Gasteiger partial charge in [0.05, 0.1) is 13.2 Å². The lowest BCUT2D eigenvalue weighted by molar-refractivity contribution is -0.121. The lowest BCUT2D eigenvalue weighted by atomic mass is 10.3. The molecule has 8 heteroatoms. The van der Waals surface area contributed by atoms with Gasteiger partial charge < -0.3 is 25.4 Å². The van der Waals surface area contributed by atoms with Gasteiger partial charge in [-0.15, -0.1) is 24.0 Å². The molecule has 0 aromatic heterocycles. The normalized spacial score (nSPS) is 11.1. The molecule has 0 atom stereocenters. The van der Waals surface area contributed by atoms with Crippen molar-refractivity contribution >= 4 is 35.8 Å². The van der Waals surface area contributed by atoms with E-state index in [1.54, 1.807) is 7.11 Å². The minimum atomic E-state index is 0. The first-order valence-corrected chi connectivity index (χ1v) is 7.98. The van der Waals surface area contributed by atoms with Crippen LogP contribution in [0.2, 0.25) is 0 Å². The van der Waals surface area contributed by atoms with Crippen molar-refractivity contribution in [3.63, 3.8) is 0 Å². The summed E-state index contributed by atoms with van der Waals surface area (Å²) in [6.45, 7) is 9.84. The first-order chi connectivity index (χ1) is 10.6. The van der Waals surface area contributed by atoms with Gasteiger partial charge in [0.2, 0.25) is 5.91 Å². The van der Waals surface area contributed by atoms with E-state index in [-0.39, 0.29) is 35.9 Å². The number of aliphatic imine (C=N–C) groups is 1. The number of carbonyl (C=O) groups excluding carboxylic acids is 1. The van der Waals surface area contributed by atoms with E-state index >= 15 is 0 Å². The highest BCUT2D eigenvalue weighted by Crippen LogP contribution is 1.86. The van der Waals surface area contributed by atoms with E-state index in [9.17, 15) is 4.79 Å². The molecule has 0 saturated carbocycles. The molecule has 138 valence electrons. The number of halogens is 1. The molecule has 0 radical (unpaired) electrons. The van der Waals surface area contributed by atoms with Crippen LogP contribution in [0.1, 0.15) is 33.6 Å². The highest BCUT2D eigenvalue weighted by Gasteiger charge is 2.03. The van der Waals surface area contributed by atoms with Gasteiger partial charge in [-0.3, -0.25) is 9.79 Å². The van der Waals surface area contributed by atoms with Crippen LogP contribution in [0.4, 0.5) is 0 Å². The molecule has 0 rings (SSSR count). The fourth-order valence-corrected chi connectivity index (χ4v) is 1.63. The van der Waals surface area contributed by atoms with E-state index in [1.807, 2.05) is 20.8 Å². The predicted octanol–water partition coefficient (Wildman–Crippen LogP) is 1.13. The Morgan fingerprint density at radius 1 is 1.17 bits per heavy atom. The maximum Gasteiger partial charge on any atom is 0.221 e. The monoisotopic (exact) mass is 444 g/mol. The minimum absolute atomic E-state index is 0. The Labute approximate surface area is 157 Å². The van der Waals surface area contributed by atoms with Crippen molar-refractivity contribution in [1.29, 1.82) is 0 Å². The summed E-state index contributed by atoms with van der Waals surface area (Å²) >= 11 is 0. The number of hydrogen-bond acceptors (Lipinski definition) is 4. The maximum atomic E-state index is 11.5. The molecule has 0 aromatic rings. The Bertz CT molecular complexity index is 315. The van der Waals surface area contributed by atoms with Crippen LogP contribution >= 0.6 is 24.0 Å². The van der Waals surface area contributed by atoms with Crippen molar-refractivity contribution < 1.29 is 14.3 Å². The molecule has 23 heavy (non-hydrogen) atoms. The van der Waals surface area contributed by atoms with Gasteiger partial charge in [-0.2, -0.15) is 0 Å². The second kappa shape index (κ2) is 17.7. The highest BCUT2D eigenvalue weighted by atomic mass is 127. The summed E-state index contributed by atoms with van der Waals surface area (Å²) in [5, 5.41) is 9.17. The molecule has 0 fully saturated rings. The zero-order chi connectivity index (χ0) is 16.6. The van der Waals surface area contributed by atoms with Crippen molar-refractivity contribution in [2.24, 2.45) is 4.99 Å². The minimum Gasteiger partial charge on any atom is -0.382 e. The Morgan fingerprint density at radius 3 is 2.52 bits per heavy atom. The number of guanidine groups is 1. The predicted molar refractivity (Wildman–Crippen MR) is 105 cm³/mol. The first kappa shape index (κ1) is 24.6. The van der Waals surface area contributed by atoms with Crippen LogP contribution in [0, 0.1) is 0 Å². The largest absolute Gasteiger partial charge is 0.382 e. The lowest BCUT2D eigenvalue weighted by Gasteiger charge is -2.12. The molecule has 0 aromatic carbocycles. The van der Waals surface area contributed by atoms with Crippen LogP contribution < -0.4 is 16.0 Å². The summed E-state index contributed by atoms with van der Waals surface area (Å²) in [4.78, 5) is 16.0. The SMILES string of the molecule is CCNC(=NCCCOCCOC)NCCC(=O)NC(C)C.I. The number of amides is 1. The topological polar surface area (TPSA) is 84.0 Å².